The summed E-state index contributed by atoms with van der Waals surface area (Å²) in [5.41, 5.74) is -1.67. The normalized spacial score (nSPS) is 44.3. The summed E-state index contributed by atoms with van der Waals surface area (Å²) in [7, 11) is 2.54. The minimum Gasteiger partial charge on any atom is -0.371 e. The van der Waals surface area contributed by atoms with Gasteiger partial charge in [-0.25, -0.2) is 4.39 Å². The molecule has 0 aromatic carbocycles. The van der Waals surface area contributed by atoms with Crippen LogP contribution >= 0.6 is 0 Å². The van der Waals surface area contributed by atoms with Crippen molar-refractivity contribution in [3.05, 3.63) is 10.1 Å². The van der Waals surface area contributed by atoms with E-state index in [1.54, 1.807) is 0 Å². The van der Waals surface area contributed by atoms with E-state index in [-0.39, 0.29) is 0 Å². The molecule has 6 nitrogen and oxygen atoms in total. The van der Waals surface area contributed by atoms with Gasteiger partial charge in [-0.2, -0.15) is 0 Å². The smallest absolute Gasteiger partial charge is 0.278 e. The number of methoxy groups -OCH3 is 2. The summed E-state index contributed by atoms with van der Waals surface area (Å²) in [4.78, 5) is 10.6. The van der Waals surface area contributed by atoms with Gasteiger partial charge in [-0.3, -0.25) is 10.1 Å². The Labute approximate surface area is 92.8 Å². The summed E-state index contributed by atoms with van der Waals surface area (Å²) in [6, 6.07) is 0. The van der Waals surface area contributed by atoms with Crippen LogP contribution in [-0.2, 0) is 14.2 Å². The van der Waals surface area contributed by atoms with Gasteiger partial charge in [0.2, 0.25) is 6.36 Å². The number of nitrogens with zero attached hydrogens (tertiary/aromatic N) is 1. The van der Waals surface area contributed by atoms with Crippen LogP contribution in [0.2, 0.25) is 0 Å². The lowest BCUT2D eigenvalue weighted by molar-refractivity contribution is -0.607. The first-order chi connectivity index (χ1) is 7.39. The predicted molar refractivity (Wildman–Crippen MR) is 52.4 cm³/mol. The molecule has 0 amide bonds. The minimum absolute atomic E-state index is 0.569. The second-order valence-corrected chi connectivity index (χ2v) is 3.99. The fourth-order valence-electron chi connectivity index (χ4n) is 2.23. The molecule has 1 heterocycles. The number of hydrogen-bond donors (Lipinski definition) is 0. The molecule has 5 atom stereocenters. The zero-order valence-corrected chi connectivity index (χ0v) is 9.68. The molecule has 1 aliphatic heterocycles. The Morgan fingerprint density at radius 2 is 1.88 bits per heavy atom. The van der Waals surface area contributed by atoms with Crippen LogP contribution < -0.4 is 0 Å². The Morgan fingerprint density at radius 1 is 1.38 bits per heavy atom. The van der Waals surface area contributed by atoms with E-state index >= 15 is 0 Å². The molecule has 1 saturated heterocycles. The molecule has 0 N–H and O–H groups in total. The second-order valence-electron chi connectivity index (χ2n) is 3.99. The van der Waals surface area contributed by atoms with Gasteiger partial charge in [0.1, 0.15) is 0 Å². The van der Waals surface area contributed by atoms with Crippen LogP contribution in [0.3, 0.4) is 0 Å². The van der Waals surface area contributed by atoms with E-state index in [0.29, 0.717) is 0 Å². The highest BCUT2D eigenvalue weighted by molar-refractivity contribution is 4.99. The minimum atomic E-state index is -1.83. The van der Waals surface area contributed by atoms with Crippen LogP contribution in [0.4, 0.5) is 4.39 Å². The van der Waals surface area contributed by atoms with Gasteiger partial charge in [0.15, 0.2) is 12.2 Å². The summed E-state index contributed by atoms with van der Waals surface area (Å²) < 4.78 is 28.4. The van der Waals surface area contributed by atoms with Gasteiger partial charge in [-0.05, 0) is 6.92 Å². The van der Waals surface area contributed by atoms with Crippen LogP contribution in [0.15, 0.2) is 0 Å². The van der Waals surface area contributed by atoms with Crippen molar-refractivity contribution in [2.75, 3.05) is 14.2 Å². The van der Waals surface area contributed by atoms with E-state index in [9.17, 15) is 14.5 Å². The Bertz CT molecular complexity index is 259. The molecule has 0 radical (unpaired) electrons. The lowest BCUT2D eigenvalue weighted by Crippen LogP contribution is -2.67. The van der Waals surface area contributed by atoms with Gasteiger partial charge < -0.3 is 14.2 Å². The first-order valence-corrected chi connectivity index (χ1v) is 4.89. The van der Waals surface area contributed by atoms with E-state index in [1.807, 2.05) is 0 Å². The van der Waals surface area contributed by atoms with Gasteiger partial charge in [0.25, 0.3) is 5.54 Å². The molecule has 1 rings (SSSR count). The lowest BCUT2D eigenvalue weighted by Gasteiger charge is -2.43. The molecule has 0 bridgehead atoms. The monoisotopic (exact) mass is 237 g/mol. The molecule has 7 heteroatoms. The summed E-state index contributed by atoms with van der Waals surface area (Å²) in [5, 5.41) is 11.1. The summed E-state index contributed by atoms with van der Waals surface area (Å²) in [6.07, 6.45) is -4.69. The number of alkyl halides is 1. The molecule has 0 spiro atoms. The summed E-state index contributed by atoms with van der Waals surface area (Å²) >= 11 is 0. The first kappa shape index (κ1) is 13.3. The summed E-state index contributed by atoms with van der Waals surface area (Å²) in [5.74, 6) is 0. The highest BCUT2D eigenvalue weighted by Crippen LogP contribution is 2.35. The van der Waals surface area contributed by atoms with Gasteiger partial charge in [0, 0.05) is 26.1 Å². The molecule has 0 aliphatic carbocycles. The molecule has 16 heavy (non-hydrogen) atoms. The maximum Gasteiger partial charge on any atom is 0.278 e. The number of nitro groups is 1. The number of hydrogen-bond acceptors (Lipinski definition) is 5. The Hall–Kier alpha value is -0.790. The predicted octanol–water partition coefficient (Wildman–Crippen LogP) is 0.766. The average Bonchev–Trinajstić information content (AvgIpc) is 2.17. The molecule has 0 unspecified atom stereocenters. The standard InChI is InChI=1S/C9H16FNO5/c1-5-6(14-3)9(2,11(12)13)7(15-4)8(10)16-5/h5-8H,1-4H3/t5-,6-,7+,8+,9+/m0/s1. The van der Waals surface area contributed by atoms with Crippen molar-refractivity contribution in [3.63, 3.8) is 0 Å². The van der Waals surface area contributed by atoms with Crippen LogP contribution in [0.1, 0.15) is 13.8 Å². The fourth-order valence-corrected chi connectivity index (χ4v) is 2.23. The van der Waals surface area contributed by atoms with Gasteiger partial charge in [-0.1, -0.05) is 0 Å². The molecule has 0 saturated carbocycles. The topological polar surface area (TPSA) is 70.8 Å². The van der Waals surface area contributed by atoms with Gasteiger partial charge in [0.05, 0.1) is 6.10 Å². The van der Waals surface area contributed by atoms with E-state index in [2.05, 4.69) is 0 Å². The third-order valence-electron chi connectivity index (χ3n) is 3.06. The van der Waals surface area contributed by atoms with Crippen LogP contribution in [0, 0.1) is 10.1 Å². The van der Waals surface area contributed by atoms with E-state index in [0.717, 1.165) is 0 Å². The van der Waals surface area contributed by atoms with E-state index < -0.39 is 35.1 Å². The maximum atomic E-state index is 13.6. The van der Waals surface area contributed by atoms with Crippen molar-refractivity contribution in [2.24, 2.45) is 0 Å². The van der Waals surface area contributed by atoms with Crippen molar-refractivity contribution in [3.8, 4) is 0 Å². The van der Waals surface area contributed by atoms with Crippen molar-refractivity contribution < 1.29 is 23.5 Å². The Morgan fingerprint density at radius 3 is 2.25 bits per heavy atom. The van der Waals surface area contributed by atoms with Crippen LogP contribution in [0.25, 0.3) is 0 Å². The SMILES string of the molecule is CO[C@@H]1[C@H](F)O[C@@H](C)[C@H](OC)[C@@]1(C)[N+](=O)[O-]. The van der Waals surface area contributed by atoms with Crippen molar-refractivity contribution in [1.82, 2.24) is 0 Å². The second kappa shape index (κ2) is 4.60. The van der Waals surface area contributed by atoms with Crippen molar-refractivity contribution in [2.45, 2.75) is 44.1 Å². The molecule has 1 fully saturated rings. The highest BCUT2D eigenvalue weighted by Gasteiger charge is 2.63. The number of rotatable bonds is 3. The van der Waals surface area contributed by atoms with Crippen LogP contribution in [-0.4, -0.2) is 49.4 Å². The molecule has 94 valence electrons. The number of halogens is 1. The molecular weight excluding hydrogens is 221 g/mol. The Balaban J connectivity index is 3.14. The molecule has 0 aromatic rings. The van der Waals surface area contributed by atoms with E-state index in [1.165, 1.54) is 28.1 Å². The third kappa shape index (κ3) is 1.79. The van der Waals surface area contributed by atoms with Gasteiger partial charge >= 0.3 is 0 Å². The molecular formula is C9H16FNO5. The summed E-state index contributed by atoms with van der Waals surface area (Å²) in [6.45, 7) is 2.84. The van der Waals surface area contributed by atoms with E-state index in [4.69, 9.17) is 14.2 Å². The Kier molecular flexibility index (Phi) is 3.82. The van der Waals surface area contributed by atoms with Crippen molar-refractivity contribution in [1.29, 1.82) is 0 Å². The van der Waals surface area contributed by atoms with Gasteiger partial charge in [-0.15, -0.1) is 0 Å². The average molecular weight is 237 g/mol. The molecule has 0 aromatic heterocycles. The lowest BCUT2D eigenvalue weighted by atomic mass is 9.83. The molecule has 1 aliphatic rings. The van der Waals surface area contributed by atoms with Crippen molar-refractivity contribution >= 4 is 0 Å². The maximum absolute atomic E-state index is 13.6. The first-order valence-electron chi connectivity index (χ1n) is 4.89. The highest BCUT2D eigenvalue weighted by atomic mass is 19.1. The largest absolute Gasteiger partial charge is 0.371 e. The quantitative estimate of drug-likeness (QED) is 0.535. The fraction of sp³-hybridized carbons (Fsp3) is 1.00. The third-order valence-corrected chi connectivity index (χ3v) is 3.06. The van der Waals surface area contributed by atoms with Crippen LogP contribution in [0.5, 0.6) is 0 Å². The zero-order chi connectivity index (χ0) is 12.5. The number of ether oxygens (including phenoxy) is 3. The zero-order valence-electron chi connectivity index (χ0n) is 9.68.